The summed E-state index contributed by atoms with van der Waals surface area (Å²) in [7, 11) is 1.57. The average molecular weight is 399 g/mol. The molecule has 0 saturated carbocycles. The second kappa shape index (κ2) is 7.87. The molecule has 5 heteroatoms. The van der Waals surface area contributed by atoms with Gasteiger partial charge in [-0.2, -0.15) is 0 Å². The van der Waals surface area contributed by atoms with E-state index in [0.717, 1.165) is 5.56 Å². The number of ketones is 1. The van der Waals surface area contributed by atoms with Crippen LogP contribution in [0, 0.1) is 6.92 Å². The summed E-state index contributed by atoms with van der Waals surface area (Å²) in [4.78, 5) is 27.6. The maximum Gasteiger partial charge on any atom is 0.300 e. The van der Waals surface area contributed by atoms with Crippen LogP contribution in [0.4, 0.5) is 5.69 Å². The second-order valence-electron chi connectivity index (χ2n) is 7.15. The van der Waals surface area contributed by atoms with Crippen molar-refractivity contribution >= 4 is 23.1 Å². The van der Waals surface area contributed by atoms with Gasteiger partial charge in [0.2, 0.25) is 0 Å². The molecule has 1 unspecified atom stereocenters. The van der Waals surface area contributed by atoms with E-state index in [1.807, 2.05) is 31.2 Å². The smallest absolute Gasteiger partial charge is 0.300 e. The number of carbonyl (C=O) groups is 2. The first-order chi connectivity index (χ1) is 14.5. The van der Waals surface area contributed by atoms with Crippen LogP contribution in [0.3, 0.4) is 0 Å². The summed E-state index contributed by atoms with van der Waals surface area (Å²) in [6.07, 6.45) is 0. The molecule has 0 aromatic heterocycles. The van der Waals surface area contributed by atoms with Gasteiger partial charge >= 0.3 is 0 Å². The number of amides is 1. The van der Waals surface area contributed by atoms with Crippen LogP contribution >= 0.6 is 0 Å². The van der Waals surface area contributed by atoms with Gasteiger partial charge in [0.25, 0.3) is 11.7 Å². The van der Waals surface area contributed by atoms with Crippen molar-refractivity contribution in [3.8, 4) is 5.75 Å². The lowest BCUT2D eigenvalue weighted by Crippen LogP contribution is -2.29. The monoisotopic (exact) mass is 399 g/mol. The van der Waals surface area contributed by atoms with Crippen LogP contribution in [0.25, 0.3) is 5.76 Å². The second-order valence-corrected chi connectivity index (χ2v) is 7.15. The van der Waals surface area contributed by atoms with Crippen molar-refractivity contribution in [2.24, 2.45) is 0 Å². The standard InChI is InChI=1S/C25H21NO4/c1-16-7-6-10-19(15-16)26-22(17-11-13-20(30-2)14-12-17)21(24(28)25(26)29)23(27)18-8-4-3-5-9-18/h3-15,22,27H,1-2H3/b23-21+. The number of carbonyl (C=O) groups excluding carboxylic acids is 2. The molecular weight excluding hydrogens is 378 g/mol. The molecule has 0 aliphatic carbocycles. The molecule has 1 fully saturated rings. The first-order valence-electron chi connectivity index (χ1n) is 9.58. The van der Waals surface area contributed by atoms with Crippen LogP contribution in [0.5, 0.6) is 5.75 Å². The number of Topliss-reactive ketones (excluding diaryl/α,β-unsaturated/α-hetero) is 1. The number of hydrogen-bond donors (Lipinski definition) is 1. The minimum atomic E-state index is -0.752. The molecule has 4 rings (SSSR count). The van der Waals surface area contributed by atoms with E-state index in [1.165, 1.54) is 4.90 Å². The van der Waals surface area contributed by atoms with Gasteiger partial charge in [-0.15, -0.1) is 0 Å². The number of aliphatic hydroxyl groups is 1. The van der Waals surface area contributed by atoms with Crippen molar-refractivity contribution in [3.05, 3.63) is 101 Å². The molecule has 0 radical (unpaired) electrons. The van der Waals surface area contributed by atoms with E-state index in [0.29, 0.717) is 22.6 Å². The Labute approximate surface area is 174 Å². The van der Waals surface area contributed by atoms with Crippen molar-refractivity contribution in [1.29, 1.82) is 0 Å². The number of hydrogen-bond acceptors (Lipinski definition) is 4. The molecule has 1 atom stereocenters. The number of ether oxygens (including phenoxy) is 1. The van der Waals surface area contributed by atoms with Gasteiger partial charge in [-0.05, 0) is 42.3 Å². The Morgan fingerprint density at radius 1 is 0.933 bits per heavy atom. The van der Waals surface area contributed by atoms with Crippen molar-refractivity contribution in [2.45, 2.75) is 13.0 Å². The molecule has 1 heterocycles. The quantitative estimate of drug-likeness (QED) is 0.395. The van der Waals surface area contributed by atoms with Crippen molar-refractivity contribution in [3.63, 3.8) is 0 Å². The van der Waals surface area contributed by atoms with E-state index >= 15 is 0 Å². The number of aryl methyl sites for hydroxylation is 1. The van der Waals surface area contributed by atoms with Gasteiger partial charge in [0.1, 0.15) is 11.5 Å². The molecule has 1 amide bonds. The van der Waals surface area contributed by atoms with Crippen LogP contribution in [0.1, 0.15) is 22.7 Å². The van der Waals surface area contributed by atoms with Gasteiger partial charge in [-0.1, -0.05) is 54.6 Å². The molecule has 0 spiro atoms. The Bertz CT molecular complexity index is 1130. The molecule has 1 aliphatic heterocycles. The molecule has 3 aromatic rings. The van der Waals surface area contributed by atoms with Gasteiger partial charge in [0, 0.05) is 11.3 Å². The SMILES string of the molecule is COc1ccc(C2/C(=C(\O)c3ccccc3)C(=O)C(=O)N2c2cccc(C)c2)cc1. The lowest BCUT2D eigenvalue weighted by molar-refractivity contribution is -0.132. The molecular formula is C25H21NO4. The Kier molecular flexibility index (Phi) is 5.11. The predicted octanol–water partition coefficient (Wildman–Crippen LogP) is 4.63. The highest BCUT2D eigenvalue weighted by atomic mass is 16.5. The Balaban J connectivity index is 1.94. The molecule has 3 aromatic carbocycles. The van der Waals surface area contributed by atoms with Gasteiger partial charge in [-0.25, -0.2) is 0 Å². The van der Waals surface area contributed by atoms with Crippen LogP contribution in [-0.4, -0.2) is 23.9 Å². The zero-order chi connectivity index (χ0) is 21.3. The lowest BCUT2D eigenvalue weighted by atomic mass is 9.95. The summed E-state index contributed by atoms with van der Waals surface area (Å²) in [5, 5.41) is 11.0. The molecule has 30 heavy (non-hydrogen) atoms. The minimum absolute atomic E-state index is 0.0675. The minimum Gasteiger partial charge on any atom is -0.507 e. The average Bonchev–Trinajstić information content (AvgIpc) is 3.04. The predicted molar refractivity (Wildman–Crippen MR) is 115 cm³/mol. The van der Waals surface area contributed by atoms with Crippen LogP contribution in [-0.2, 0) is 9.59 Å². The van der Waals surface area contributed by atoms with Gasteiger partial charge in [0.05, 0.1) is 18.7 Å². The Morgan fingerprint density at radius 2 is 1.63 bits per heavy atom. The summed E-state index contributed by atoms with van der Waals surface area (Å²) in [6.45, 7) is 1.92. The zero-order valence-electron chi connectivity index (χ0n) is 16.7. The normalized spacial score (nSPS) is 17.9. The largest absolute Gasteiger partial charge is 0.507 e. The molecule has 1 aliphatic rings. The van der Waals surface area contributed by atoms with E-state index in [4.69, 9.17) is 4.74 Å². The zero-order valence-corrected chi connectivity index (χ0v) is 16.7. The van der Waals surface area contributed by atoms with E-state index < -0.39 is 17.7 Å². The number of aliphatic hydroxyl groups excluding tert-OH is 1. The van der Waals surface area contributed by atoms with E-state index in [1.54, 1.807) is 61.7 Å². The van der Waals surface area contributed by atoms with Crippen LogP contribution in [0.15, 0.2) is 84.4 Å². The fourth-order valence-corrected chi connectivity index (χ4v) is 3.73. The highest BCUT2D eigenvalue weighted by Gasteiger charge is 2.46. The number of benzene rings is 3. The number of nitrogens with zero attached hydrogens (tertiary/aromatic N) is 1. The van der Waals surface area contributed by atoms with Crippen LogP contribution < -0.4 is 9.64 Å². The third-order valence-corrected chi connectivity index (χ3v) is 5.20. The maximum atomic E-state index is 13.1. The van der Waals surface area contributed by atoms with E-state index in [2.05, 4.69) is 0 Å². The van der Waals surface area contributed by atoms with Crippen molar-refractivity contribution in [1.82, 2.24) is 0 Å². The summed E-state index contributed by atoms with van der Waals surface area (Å²) in [5.41, 5.74) is 2.82. The summed E-state index contributed by atoms with van der Waals surface area (Å²) in [6, 6.07) is 22.6. The first kappa shape index (κ1) is 19.5. The number of rotatable bonds is 4. The van der Waals surface area contributed by atoms with Gasteiger partial charge in [0.15, 0.2) is 0 Å². The molecule has 5 nitrogen and oxygen atoms in total. The summed E-state index contributed by atoms with van der Waals surface area (Å²) >= 11 is 0. The number of methoxy groups -OCH3 is 1. The lowest BCUT2D eigenvalue weighted by Gasteiger charge is -2.26. The highest BCUT2D eigenvalue weighted by Crippen LogP contribution is 2.42. The fraction of sp³-hybridized carbons (Fsp3) is 0.120. The molecule has 1 N–H and O–H groups in total. The topological polar surface area (TPSA) is 66.8 Å². The van der Waals surface area contributed by atoms with Crippen molar-refractivity contribution in [2.75, 3.05) is 12.0 Å². The fourth-order valence-electron chi connectivity index (χ4n) is 3.73. The van der Waals surface area contributed by atoms with E-state index in [9.17, 15) is 14.7 Å². The molecule has 1 saturated heterocycles. The molecule has 150 valence electrons. The van der Waals surface area contributed by atoms with Crippen LogP contribution in [0.2, 0.25) is 0 Å². The highest BCUT2D eigenvalue weighted by molar-refractivity contribution is 6.51. The number of anilines is 1. The maximum absolute atomic E-state index is 13.1. The van der Waals surface area contributed by atoms with Crippen molar-refractivity contribution < 1.29 is 19.4 Å². The third-order valence-electron chi connectivity index (χ3n) is 5.20. The summed E-state index contributed by atoms with van der Waals surface area (Å²) in [5.74, 6) is -0.906. The first-order valence-corrected chi connectivity index (χ1v) is 9.58. The van der Waals surface area contributed by atoms with Gasteiger partial charge in [-0.3, -0.25) is 14.5 Å². The van der Waals surface area contributed by atoms with E-state index in [-0.39, 0.29) is 11.3 Å². The third kappa shape index (κ3) is 3.35. The summed E-state index contributed by atoms with van der Waals surface area (Å²) < 4.78 is 5.24. The Morgan fingerprint density at radius 3 is 2.27 bits per heavy atom. The molecule has 0 bridgehead atoms. The van der Waals surface area contributed by atoms with Gasteiger partial charge < -0.3 is 9.84 Å². The Hall–Kier alpha value is -3.86.